The summed E-state index contributed by atoms with van der Waals surface area (Å²) in [7, 11) is 1.54. The number of alkyl halides is 3. The predicted molar refractivity (Wildman–Crippen MR) is 93.8 cm³/mol. The van der Waals surface area contributed by atoms with Crippen LogP contribution in [0.25, 0.3) is 0 Å². The second kappa shape index (κ2) is 7.73. The summed E-state index contributed by atoms with van der Waals surface area (Å²) in [6.45, 7) is 1.23. The third kappa shape index (κ3) is 4.42. The van der Waals surface area contributed by atoms with Crippen LogP contribution in [0.2, 0.25) is 0 Å². The molecule has 1 aromatic carbocycles. The number of urea groups is 1. The molecule has 2 amide bonds. The zero-order valence-electron chi connectivity index (χ0n) is 14.7. The Balaban J connectivity index is 1.63. The number of halogens is 3. The molecule has 9 heteroatoms. The molecule has 0 atom stereocenters. The summed E-state index contributed by atoms with van der Waals surface area (Å²) in [6, 6.07) is 9.04. The van der Waals surface area contributed by atoms with Gasteiger partial charge in [-0.15, -0.1) is 0 Å². The van der Waals surface area contributed by atoms with E-state index in [0.29, 0.717) is 37.6 Å². The molecule has 2 N–H and O–H groups in total. The number of nitrogens with zero attached hydrogens (tertiary/aromatic N) is 2. The van der Waals surface area contributed by atoms with E-state index in [1.807, 2.05) is 0 Å². The van der Waals surface area contributed by atoms with Crippen LogP contribution < -0.4 is 19.9 Å². The van der Waals surface area contributed by atoms with Gasteiger partial charge < -0.3 is 15.0 Å². The lowest BCUT2D eigenvalue weighted by molar-refractivity contribution is -0.367. The standard InChI is InChI=1S/C18H19F3N4O2/c1-27-14-5-2-4-13(12-14)23-17(26)25-10-8-24(9-11-25)16-15(18(19,20)21)6-3-7-22-16/h2-7,12H,8-11H2,1H3,(H,23,26)/p+1. The fourth-order valence-corrected chi connectivity index (χ4v) is 2.95. The van der Waals surface area contributed by atoms with Crippen molar-refractivity contribution >= 4 is 17.5 Å². The molecule has 6 nitrogen and oxygen atoms in total. The van der Waals surface area contributed by atoms with E-state index in [4.69, 9.17) is 4.74 Å². The van der Waals surface area contributed by atoms with Gasteiger partial charge in [-0.3, -0.25) is 4.90 Å². The highest BCUT2D eigenvalue weighted by Gasteiger charge is 2.40. The third-order valence-electron chi connectivity index (χ3n) is 4.34. The number of piperazine rings is 1. The number of methoxy groups -OCH3 is 1. The average molecular weight is 381 g/mol. The van der Waals surface area contributed by atoms with Crippen molar-refractivity contribution in [2.45, 2.75) is 6.18 Å². The molecule has 1 aromatic heterocycles. The smallest absolute Gasteiger partial charge is 0.424 e. The Hall–Kier alpha value is -2.97. The first-order valence-electron chi connectivity index (χ1n) is 8.41. The van der Waals surface area contributed by atoms with Crippen LogP contribution in [0.5, 0.6) is 5.75 Å². The molecule has 2 aromatic rings. The number of H-pyrrole nitrogens is 1. The van der Waals surface area contributed by atoms with Gasteiger partial charge in [-0.2, -0.15) is 13.2 Å². The van der Waals surface area contributed by atoms with Gasteiger partial charge in [0.2, 0.25) is 0 Å². The van der Waals surface area contributed by atoms with Crippen LogP contribution >= 0.6 is 0 Å². The van der Waals surface area contributed by atoms with E-state index in [2.05, 4.69) is 10.3 Å². The van der Waals surface area contributed by atoms with E-state index in [1.54, 1.807) is 34.1 Å². The van der Waals surface area contributed by atoms with E-state index in [1.165, 1.54) is 19.4 Å². The lowest BCUT2D eigenvalue weighted by Crippen LogP contribution is -2.51. The number of ether oxygens (including phenoxy) is 1. The number of carbonyl (C=O) groups is 1. The quantitative estimate of drug-likeness (QED) is 0.890. The summed E-state index contributed by atoms with van der Waals surface area (Å²) < 4.78 is 44.7. The van der Waals surface area contributed by atoms with Crippen LogP contribution in [0.1, 0.15) is 5.56 Å². The summed E-state index contributed by atoms with van der Waals surface area (Å²) in [5.74, 6) is 0.648. The largest absolute Gasteiger partial charge is 0.497 e. The molecule has 0 saturated carbocycles. The first-order valence-corrected chi connectivity index (χ1v) is 8.41. The van der Waals surface area contributed by atoms with Crippen LogP contribution in [0.4, 0.5) is 29.5 Å². The van der Waals surface area contributed by atoms with E-state index < -0.39 is 11.7 Å². The highest BCUT2D eigenvalue weighted by molar-refractivity contribution is 5.89. The molecular formula is C18H20F3N4O2+. The zero-order chi connectivity index (χ0) is 19.4. The molecule has 0 radical (unpaired) electrons. The van der Waals surface area contributed by atoms with Crippen molar-refractivity contribution in [3.8, 4) is 5.75 Å². The monoisotopic (exact) mass is 381 g/mol. The van der Waals surface area contributed by atoms with Crippen molar-refractivity contribution in [3.05, 3.63) is 48.2 Å². The van der Waals surface area contributed by atoms with Crippen LogP contribution in [0.3, 0.4) is 0 Å². The molecule has 1 fully saturated rings. The number of pyridine rings is 1. The average Bonchev–Trinajstić information content (AvgIpc) is 2.67. The topological polar surface area (TPSA) is 59.0 Å². The molecule has 0 spiro atoms. The van der Waals surface area contributed by atoms with Crippen molar-refractivity contribution in [2.24, 2.45) is 0 Å². The molecule has 0 bridgehead atoms. The first-order chi connectivity index (χ1) is 12.9. The summed E-state index contributed by atoms with van der Waals surface area (Å²) in [4.78, 5) is 18.3. The maximum Gasteiger partial charge on any atom is 0.424 e. The van der Waals surface area contributed by atoms with Crippen molar-refractivity contribution in [1.29, 1.82) is 0 Å². The van der Waals surface area contributed by atoms with Gasteiger partial charge in [0.1, 0.15) is 24.4 Å². The Bertz CT molecular complexity index is 805. The Labute approximate surface area is 154 Å². The summed E-state index contributed by atoms with van der Waals surface area (Å²) in [6.07, 6.45) is -2.97. The number of hydrogen-bond acceptors (Lipinski definition) is 3. The maximum absolute atomic E-state index is 13.2. The minimum absolute atomic E-state index is 0.0258. The highest BCUT2D eigenvalue weighted by Crippen LogP contribution is 2.34. The van der Waals surface area contributed by atoms with Gasteiger partial charge in [0.05, 0.1) is 26.4 Å². The number of benzene rings is 1. The Kier molecular flexibility index (Phi) is 5.38. The summed E-state index contributed by atoms with van der Waals surface area (Å²) >= 11 is 0. The number of hydrogen-bond donors (Lipinski definition) is 1. The summed E-state index contributed by atoms with van der Waals surface area (Å²) in [5, 5.41) is 2.78. The molecule has 0 unspecified atom stereocenters. The molecule has 1 aliphatic rings. The van der Waals surface area contributed by atoms with E-state index in [9.17, 15) is 18.0 Å². The van der Waals surface area contributed by atoms with Crippen LogP contribution in [0.15, 0.2) is 42.6 Å². The normalized spacial score (nSPS) is 14.8. The van der Waals surface area contributed by atoms with E-state index in [0.717, 1.165) is 6.07 Å². The molecule has 27 heavy (non-hydrogen) atoms. The Morgan fingerprint density at radius 2 is 1.89 bits per heavy atom. The van der Waals surface area contributed by atoms with Gasteiger partial charge in [0, 0.05) is 11.8 Å². The number of aromatic nitrogens is 1. The summed E-state index contributed by atoms with van der Waals surface area (Å²) in [5.41, 5.74) is -0.114. The molecule has 3 rings (SSSR count). The zero-order valence-corrected chi connectivity index (χ0v) is 14.7. The van der Waals surface area contributed by atoms with Gasteiger partial charge >= 0.3 is 12.2 Å². The third-order valence-corrected chi connectivity index (χ3v) is 4.34. The first kappa shape index (κ1) is 18.8. The van der Waals surface area contributed by atoms with Crippen LogP contribution in [-0.4, -0.2) is 44.2 Å². The number of carbonyl (C=O) groups excluding carboxylic acids is 1. The van der Waals surface area contributed by atoms with Gasteiger partial charge in [-0.05, 0) is 24.3 Å². The SMILES string of the molecule is COc1cccc(NC(=O)N2CCN(c3[nH+]cccc3C(F)(F)F)CC2)c1. The molecule has 0 aliphatic carbocycles. The molecule has 144 valence electrons. The fourth-order valence-electron chi connectivity index (χ4n) is 2.95. The fraction of sp³-hybridized carbons (Fsp3) is 0.333. The van der Waals surface area contributed by atoms with Gasteiger partial charge in [-0.1, -0.05) is 6.07 Å². The number of nitrogens with one attached hydrogen (secondary N) is 2. The second-order valence-corrected chi connectivity index (χ2v) is 6.07. The molecule has 1 saturated heterocycles. The minimum Gasteiger partial charge on any atom is -0.497 e. The van der Waals surface area contributed by atoms with Gasteiger partial charge in [0.15, 0.2) is 0 Å². The van der Waals surface area contributed by atoms with Crippen molar-refractivity contribution in [3.63, 3.8) is 0 Å². The predicted octanol–water partition coefficient (Wildman–Crippen LogP) is 2.88. The highest BCUT2D eigenvalue weighted by atomic mass is 19.4. The number of aromatic amines is 1. The van der Waals surface area contributed by atoms with Crippen LogP contribution in [0, 0.1) is 0 Å². The van der Waals surface area contributed by atoms with Gasteiger partial charge in [0.25, 0.3) is 5.82 Å². The van der Waals surface area contributed by atoms with Crippen LogP contribution in [-0.2, 0) is 6.18 Å². The minimum atomic E-state index is -4.44. The maximum atomic E-state index is 13.2. The van der Waals surface area contributed by atoms with Crippen molar-refractivity contribution < 1.29 is 27.7 Å². The second-order valence-electron chi connectivity index (χ2n) is 6.07. The molecule has 2 heterocycles. The van der Waals surface area contributed by atoms with Crippen molar-refractivity contribution in [2.75, 3.05) is 43.5 Å². The van der Waals surface area contributed by atoms with Crippen molar-refractivity contribution in [1.82, 2.24) is 4.90 Å². The lowest BCUT2D eigenvalue weighted by Gasteiger charge is -2.31. The number of anilines is 2. The van der Waals surface area contributed by atoms with E-state index >= 15 is 0 Å². The van der Waals surface area contributed by atoms with E-state index in [-0.39, 0.29) is 11.8 Å². The molecule has 1 aliphatic heterocycles. The Morgan fingerprint density at radius 3 is 2.56 bits per heavy atom. The Morgan fingerprint density at radius 1 is 1.15 bits per heavy atom. The number of amides is 2. The molecular weight excluding hydrogens is 361 g/mol. The number of rotatable bonds is 3. The van der Waals surface area contributed by atoms with Gasteiger partial charge in [-0.25, -0.2) is 9.78 Å². The lowest BCUT2D eigenvalue weighted by atomic mass is 10.2.